The maximum Gasteiger partial charge on any atom is 0.0444 e. The van der Waals surface area contributed by atoms with Crippen molar-refractivity contribution in [2.75, 3.05) is 6.61 Å². The van der Waals surface area contributed by atoms with Gasteiger partial charge in [0.15, 0.2) is 0 Å². The van der Waals surface area contributed by atoms with Crippen LogP contribution in [0.25, 0.3) is 0 Å². The molecule has 1 N–H and O–H groups in total. The Morgan fingerprint density at radius 3 is 2.67 bits per heavy atom. The second kappa shape index (κ2) is 4.01. The average molecular weight is 188 g/mol. The van der Waals surface area contributed by atoms with Gasteiger partial charge in [0.05, 0.1) is 0 Å². The number of aliphatic hydroxyl groups is 1. The van der Waals surface area contributed by atoms with Gasteiger partial charge in [0.25, 0.3) is 0 Å². The fraction of sp³-hybridized carbons (Fsp3) is 1.00. The van der Waals surface area contributed by atoms with Crippen LogP contribution in [0, 0.1) is 5.92 Å². The molecule has 1 rings (SSSR count). The van der Waals surface area contributed by atoms with Crippen molar-refractivity contribution in [1.29, 1.82) is 0 Å². The van der Waals surface area contributed by atoms with Crippen LogP contribution in [-0.2, 0) is 0 Å². The predicted molar refractivity (Wildman–Crippen MR) is 55.6 cm³/mol. The largest absolute Gasteiger partial charge is 0.396 e. The molecule has 0 radical (unpaired) electrons. The molecular formula is C10H20OS. The second-order valence-electron chi connectivity index (χ2n) is 4.36. The number of aliphatic hydroxyl groups excluding tert-OH is 1. The third kappa shape index (κ3) is 2.40. The Kier molecular flexibility index (Phi) is 3.47. The van der Waals surface area contributed by atoms with E-state index in [1.807, 2.05) is 0 Å². The number of hydrogen-bond acceptors (Lipinski definition) is 2. The van der Waals surface area contributed by atoms with Gasteiger partial charge in [-0.2, -0.15) is 11.8 Å². The monoisotopic (exact) mass is 188 g/mol. The molecule has 72 valence electrons. The maximum absolute atomic E-state index is 8.90. The van der Waals surface area contributed by atoms with Gasteiger partial charge in [0.2, 0.25) is 0 Å². The Morgan fingerprint density at radius 2 is 2.25 bits per heavy atom. The van der Waals surface area contributed by atoms with Crippen molar-refractivity contribution in [3.8, 4) is 0 Å². The molecule has 0 saturated carbocycles. The van der Waals surface area contributed by atoms with E-state index in [1.54, 1.807) is 0 Å². The van der Waals surface area contributed by atoms with E-state index < -0.39 is 0 Å². The molecule has 12 heavy (non-hydrogen) atoms. The Balaban J connectivity index is 2.43. The number of thioether (sulfide) groups is 1. The third-order valence-corrected chi connectivity index (χ3v) is 4.84. The molecule has 1 heterocycles. The van der Waals surface area contributed by atoms with E-state index in [-0.39, 0.29) is 0 Å². The van der Waals surface area contributed by atoms with Crippen molar-refractivity contribution >= 4 is 11.8 Å². The first-order valence-electron chi connectivity index (χ1n) is 4.86. The summed E-state index contributed by atoms with van der Waals surface area (Å²) >= 11 is 2.09. The summed E-state index contributed by atoms with van der Waals surface area (Å²) in [4.78, 5) is 0. The summed E-state index contributed by atoms with van der Waals surface area (Å²) in [7, 11) is 0. The summed E-state index contributed by atoms with van der Waals surface area (Å²) in [5, 5.41) is 9.72. The minimum Gasteiger partial charge on any atom is -0.396 e. The fourth-order valence-corrected chi connectivity index (χ4v) is 3.50. The summed E-state index contributed by atoms with van der Waals surface area (Å²) in [6, 6.07) is 0. The smallest absolute Gasteiger partial charge is 0.0444 e. The molecule has 0 aromatic carbocycles. The summed E-state index contributed by atoms with van der Waals surface area (Å²) in [6.07, 6.45) is 3.57. The first-order chi connectivity index (χ1) is 5.57. The van der Waals surface area contributed by atoms with Crippen molar-refractivity contribution in [2.24, 2.45) is 5.92 Å². The lowest BCUT2D eigenvalue weighted by molar-refractivity contribution is 0.270. The van der Waals surface area contributed by atoms with Crippen LogP contribution in [0.3, 0.4) is 0 Å². The number of rotatable bonds is 3. The molecule has 2 heteroatoms. The molecule has 1 fully saturated rings. The lowest BCUT2D eigenvalue weighted by atomic mass is 9.98. The van der Waals surface area contributed by atoms with Gasteiger partial charge < -0.3 is 5.11 Å². The summed E-state index contributed by atoms with van der Waals surface area (Å²) in [5.41, 5.74) is 0. The van der Waals surface area contributed by atoms with Crippen LogP contribution in [0.2, 0.25) is 0 Å². The minimum atomic E-state index is 0.342. The topological polar surface area (TPSA) is 20.2 Å². The van der Waals surface area contributed by atoms with E-state index in [2.05, 4.69) is 32.5 Å². The van der Waals surface area contributed by atoms with Gasteiger partial charge in [0.1, 0.15) is 0 Å². The van der Waals surface area contributed by atoms with Crippen LogP contribution in [0.4, 0.5) is 0 Å². The molecule has 0 aromatic heterocycles. The normalized spacial score (nSPS) is 36.2. The zero-order chi connectivity index (χ0) is 9.19. The molecule has 0 aromatic rings. The van der Waals surface area contributed by atoms with Crippen molar-refractivity contribution in [2.45, 2.75) is 50.0 Å². The van der Waals surface area contributed by atoms with Crippen molar-refractivity contribution < 1.29 is 5.11 Å². The molecule has 0 bridgehead atoms. The van der Waals surface area contributed by atoms with Gasteiger partial charge >= 0.3 is 0 Å². The lowest BCUT2D eigenvalue weighted by Crippen LogP contribution is -2.18. The Morgan fingerprint density at radius 1 is 1.58 bits per heavy atom. The lowest BCUT2D eigenvalue weighted by Gasteiger charge is -2.23. The van der Waals surface area contributed by atoms with E-state index in [4.69, 9.17) is 5.11 Å². The molecule has 0 spiro atoms. The highest BCUT2D eigenvalue weighted by Gasteiger charge is 2.36. The second-order valence-corrected chi connectivity index (χ2v) is 6.19. The SMILES string of the molecule is CC(C)[C@H]1CC[C@@](C)(CCO)S1. The summed E-state index contributed by atoms with van der Waals surface area (Å²) < 4.78 is 0.365. The molecule has 0 amide bonds. The van der Waals surface area contributed by atoms with E-state index in [0.29, 0.717) is 11.4 Å². The van der Waals surface area contributed by atoms with Crippen LogP contribution in [0.5, 0.6) is 0 Å². The highest BCUT2D eigenvalue weighted by atomic mass is 32.2. The maximum atomic E-state index is 8.90. The minimum absolute atomic E-state index is 0.342. The van der Waals surface area contributed by atoms with Gasteiger partial charge in [-0.15, -0.1) is 0 Å². The first kappa shape index (κ1) is 10.4. The van der Waals surface area contributed by atoms with Crippen LogP contribution in [0.1, 0.15) is 40.0 Å². The highest BCUT2D eigenvalue weighted by molar-refractivity contribution is 8.01. The quantitative estimate of drug-likeness (QED) is 0.735. The van der Waals surface area contributed by atoms with Crippen LogP contribution in [-0.4, -0.2) is 21.7 Å². The molecular weight excluding hydrogens is 168 g/mol. The standard InChI is InChI=1S/C10H20OS/c1-8(2)9-4-5-10(3,12-9)6-7-11/h8-9,11H,4-7H2,1-3H3/t9-,10+/m1/s1. The summed E-state index contributed by atoms with van der Waals surface area (Å²) in [5.74, 6) is 0.788. The van der Waals surface area contributed by atoms with E-state index in [9.17, 15) is 0 Å². The van der Waals surface area contributed by atoms with Crippen molar-refractivity contribution in [1.82, 2.24) is 0 Å². The van der Waals surface area contributed by atoms with Crippen LogP contribution < -0.4 is 0 Å². The van der Waals surface area contributed by atoms with Crippen molar-refractivity contribution in [3.05, 3.63) is 0 Å². The molecule has 1 nitrogen and oxygen atoms in total. The van der Waals surface area contributed by atoms with Gasteiger partial charge in [-0.1, -0.05) is 20.8 Å². The summed E-state index contributed by atoms with van der Waals surface area (Å²) in [6.45, 7) is 7.22. The predicted octanol–water partition coefficient (Wildman–Crippen LogP) is 2.68. The van der Waals surface area contributed by atoms with E-state index in [1.165, 1.54) is 12.8 Å². The molecule has 0 unspecified atom stereocenters. The zero-order valence-corrected chi connectivity index (χ0v) is 9.16. The van der Waals surface area contributed by atoms with Gasteiger partial charge in [0, 0.05) is 16.6 Å². The van der Waals surface area contributed by atoms with E-state index in [0.717, 1.165) is 17.6 Å². The third-order valence-electron chi connectivity index (χ3n) is 2.78. The number of hydrogen-bond donors (Lipinski definition) is 1. The molecule has 1 aliphatic rings. The van der Waals surface area contributed by atoms with Gasteiger partial charge in [-0.25, -0.2) is 0 Å². The van der Waals surface area contributed by atoms with Crippen LogP contribution >= 0.6 is 11.8 Å². The Bertz CT molecular complexity index is 147. The van der Waals surface area contributed by atoms with E-state index >= 15 is 0 Å². The Hall–Kier alpha value is 0.310. The Labute approximate surface area is 79.9 Å². The van der Waals surface area contributed by atoms with Crippen molar-refractivity contribution in [3.63, 3.8) is 0 Å². The van der Waals surface area contributed by atoms with Crippen LogP contribution in [0.15, 0.2) is 0 Å². The fourth-order valence-electron chi connectivity index (χ4n) is 1.82. The van der Waals surface area contributed by atoms with Gasteiger partial charge in [-0.05, 0) is 25.2 Å². The van der Waals surface area contributed by atoms with Gasteiger partial charge in [-0.3, -0.25) is 0 Å². The molecule has 1 aliphatic heterocycles. The zero-order valence-electron chi connectivity index (χ0n) is 8.34. The highest BCUT2D eigenvalue weighted by Crippen LogP contribution is 2.47. The average Bonchev–Trinajstić information content (AvgIpc) is 2.33. The first-order valence-corrected chi connectivity index (χ1v) is 5.74. The molecule has 0 aliphatic carbocycles. The molecule has 1 saturated heterocycles. The molecule has 2 atom stereocenters.